The highest BCUT2D eigenvalue weighted by Gasteiger charge is 2.37. The molecule has 27 heavy (non-hydrogen) atoms. The lowest BCUT2D eigenvalue weighted by Crippen LogP contribution is -2.45. The molecule has 2 amide bonds. The lowest BCUT2D eigenvalue weighted by molar-refractivity contribution is -0.139. The van der Waals surface area contributed by atoms with Gasteiger partial charge >= 0.3 is 0 Å². The van der Waals surface area contributed by atoms with Crippen LogP contribution in [-0.2, 0) is 16.0 Å². The maximum absolute atomic E-state index is 12.8. The first-order valence-electron chi connectivity index (χ1n) is 9.82. The largest absolute Gasteiger partial charge is 0.493 e. The fourth-order valence-electron chi connectivity index (χ4n) is 4.11. The molecule has 3 rings (SSSR count). The zero-order valence-corrected chi connectivity index (χ0v) is 16.6. The van der Waals surface area contributed by atoms with Gasteiger partial charge in [0.15, 0.2) is 11.5 Å². The van der Waals surface area contributed by atoms with Gasteiger partial charge < -0.3 is 19.3 Å². The van der Waals surface area contributed by atoms with Gasteiger partial charge in [-0.3, -0.25) is 9.59 Å². The fraction of sp³-hybridized carbons (Fsp3) is 0.619. The highest BCUT2D eigenvalue weighted by molar-refractivity contribution is 5.89. The van der Waals surface area contributed by atoms with Gasteiger partial charge in [0.2, 0.25) is 11.8 Å². The summed E-state index contributed by atoms with van der Waals surface area (Å²) in [6.45, 7) is 4.10. The summed E-state index contributed by atoms with van der Waals surface area (Å²) in [6.07, 6.45) is 4.39. The van der Waals surface area contributed by atoms with Gasteiger partial charge in [-0.25, -0.2) is 0 Å². The number of piperidine rings is 1. The number of amides is 2. The quantitative estimate of drug-likeness (QED) is 0.768. The van der Waals surface area contributed by atoms with Crippen LogP contribution in [0.3, 0.4) is 0 Å². The summed E-state index contributed by atoms with van der Waals surface area (Å²) in [6, 6.07) is 6.10. The average Bonchev–Trinajstić information content (AvgIpc) is 3.06. The smallest absolute Gasteiger partial charge is 0.228 e. The first-order chi connectivity index (χ1) is 13.0. The van der Waals surface area contributed by atoms with E-state index in [0.717, 1.165) is 31.4 Å². The van der Waals surface area contributed by atoms with Crippen LogP contribution in [0.25, 0.3) is 0 Å². The Morgan fingerprint density at radius 3 is 2.67 bits per heavy atom. The first kappa shape index (κ1) is 19.5. The molecule has 0 aromatic heterocycles. The van der Waals surface area contributed by atoms with Gasteiger partial charge in [-0.1, -0.05) is 6.07 Å². The molecule has 6 nitrogen and oxygen atoms in total. The summed E-state index contributed by atoms with van der Waals surface area (Å²) >= 11 is 0. The lowest BCUT2D eigenvalue weighted by atomic mass is 9.99. The molecule has 148 valence electrons. The molecule has 2 heterocycles. The van der Waals surface area contributed by atoms with E-state index in [1.807, 2.05) is 28.0 Å². The van der Waals surface area contributed by atoms with Crippen molar-refractivity contribution in [1.82, 2.24) is 9.80 Å². The standard InChI is InChI=1S/C21H30N2O4/c1-15-6-4-5-10-23(15)21(25)17-13-20(24)22(14-17)11-9-16-7-8-18(26-2)19(12-16)27-3/h7-8,12,15,17H,4-6,9-11,13-14H2,1-3H3/t15-,17+/m0/s1. The molecule has 2 aliphatic heterocycles. The molecular weight excluding hydrogens is 344 g/mol. The molecule has 2 saturated heterocycles. The molecule has 1 aromatic carbocycles. The zero-order chi connectivity index (χ0) is 19.4. The van der Waals surface area contributed by atoms with E-state index in [9.17, 15) is 9.59 Å². The molecular formula is C21H30N2O4. The van der Waals surface area contributed by atoms with Gasteiger partial charge in [0, 0.05) is 32.1 Å². The number of likely N-dealkylation sites (tertiary alicyclic amines) is 2. The van der Waals surface area contributed by atoms with Gasteiger partial charge in [-0.2, -0.15) is 0 Å². The summed E-state index contributed by atoms with van der Waals surface area (Å²) in [5.41, 5.74) is 1.08. The second kappa shape index (κ2) is 8.63. The minimum atomic E-state index is -0.191. The van der Waals surface area contributed by atoms with Crippen molar-refractivity contribution in [3.8, 4) is 11.5 Å². The molecule has 6 heteroatoms. The van der Waals surface area contributed by atoms with Crippen molar-refractivity contribution in [1.29, 1.82) is 0 Å². The summed E-state index contributed by atoms with van der Waals surface area (Å²) in [4.78, 5) is 29.1. The Balaban J connectivity index is 1.57. The number of ether oxygens (including phenoxy) is 2. The summed E-state index contributed by atoms with van der Waals surface area (Å²) in [7, 11) is 3.23. The topological polar surface area (TPSA) is 59.1 Å². The van der Waals surface area contributed by atoms with Gasteiger partial charge in [0.25, 0.3) is 0 Å². The van der Waals surface area contributed by atoms with Crippen LogP contribution in [0, 0.1) is 5.92 Å². The number of hydrogen-bond donors (Lipinski definition) is 0. The van der Waals surface area contributed by atoms with Crippen molar-refractivity contribution in [3.05, 3.63) is 23.8 Å². The van der Waals surface area contributed by atoms with Crippen molar-refractivity contribution in [2.75, 3.05) is 33.9 Å². The Labute approximate surface area is 161 Å². The van der Waals surface area contributed by atoms with Crippen molar-refractivity contribution < 1.29 is 19.1 Å². The van der Waals surface area contributed by atoms with Gasteiger partial charge in [-0.05, 0) is 50.3 Å². The normalized spacial score (nSPS) is 22.9. The molecule has 0 N–H and O–H groups in total. The number of rotatable bonds is 6. The number of carbonyl (C=O) groups excluding carboxylic acids is 2. The molecule has 0 aliphatic carbocycles. The van der Waals surface area contributed by atoms with Crippen LogP contribution in [0.2, 0.25) is 0 Å². The van der Waals surface area contributed by atoms with Crippen LogP contribution in [0.1, 0.15) is 38.2 Å². The Hall–Kier alpha value is -2.24. The first-order valence-corrected chi connectivity index (χ1v) is 9.82. The summed E-state index contributed by atoms with van der Waals surface area (Å²) < 4.78 is 10.6. The van der Waals surface area contributed by atoms with E-state index < -0.39 is 0 Å². The Morgan fingerprint density at radius 2 is 1.96 bits per heavy atom. The van der Waals surface area contributed by atoms with Crippen molar-refractivity contribution in [2.24, 2.45) is 5.92 Å². The van der Waals surface area contributed by atoms with Gasteiger partial charge in [0.1, 0.15) is 0 Å². The third kappa shape index (κ3) is 4.37. The molecule has 0 radical (unpaired) electrons. The summed E-state index contributed by atoms with van der Waals surface area (Å²) in [5.74, 6) is 1.43. The Morgan fingerprint density at radius 1 is 1.19 bits per heavy atom. The second-order valence-corrected chi connectivity index (χ2v) is 7.56. The monoisotopic (exact) mass is 374 g/mol. The van der Waals surface area contributed by atoms with Crippen LogP contribution in [0.4, 0.5) is 0 Å². The highest BCUT2D eigenvalue weighted by atomic mass is 16.5. The lowest BCUT2D eigenvalue weighted by Gasteiger charge is -2.35. The summed E-state index contributed by atoms with van der Waals surface area (Å²) in [5, 5.41) is 0. The number of methoxy groups -OCH3 is 2. The Bertz CT molecular complexity index is 691. The number of hydrogen-bond acceptors (Lipinski definition) is 4. The zero-order valence-electron chi connectivity index (χ0n) is 16.6. The minimum Gasteiger partial charge on any atom is -0.493 e. The molecule has 2 fully saturated rings. The van der Waals surface area contributed by atoms with E-state index in [1.54, 1.807) is 14.2 Å². The maximum Gasteiger partial charge on any atom is 0.228 e. The van der Waals surface area contributed by atoms with Gasteiger partial charge in [0.05, 0.1) is 20.1 Å². The number of carbonyl (C=O) groups is 2. The maximum atomic E-state index is 12.8. The molecule has 2 atom stereocenters. The highest BCUT2D eigenvalue weighted by Crippen LogP contribution is 2.29. The second-order valence-electron chi connectivity index (χ2n) is 7.56. The molecule has 0 saturated carbocycles. The predicted octanol–water partition coefficient (Wildman–Crippen LogP) is 2.50. The van der Waals surface area contributed by atoms with Crippen LogP contribution in [0.15, 0.2) is 18.2 Å². The molecule has 2 aliphatic rings. The number of nitrogens with zero attached hydrogens (tertiary/aromatic N) is 2. The van der Waals surface area contributed by atoms with Crippen molar-refractivity contribution >= 4 is 11.8 Å². The van der Waals surface area contributed by atoms with Crippen LogP contribution < -0.4 is 9.47 Å². The van der Waals surface area contributed by atoms with Crippen molar-refractivity contribution in [3.63, 3.8) is 0 Å². The van der Waals surface area contributed by atoms with E-state index in [-0.39, 0.29) is 17.7 Å². The molecule has 0 spiro atoms. The van der Waals surface area contributed by atoms with Crippen LogP contribution in [0.5, 0.6) is 11.5 Å². The van der Waals surface area contributed by atoms with E-state index in [4.69, 9.17) is 9.47 Å². The SMILES string of the molecule is COc1ccc(CCN2C[C@H](C(=O)N3CCCC[C@@H]3C)CC2=O)cc1OC. The van der Waals surface area contributed by atoms with E-state index in [1.165, 1.54) is 6.42 Å². The van der Waals surface area contributed by atoms with E-state index in [0.29, 0.717) is 37.1 Å². The van der Waals surface area contributed by atoms with E-state index >= 15 is 0 Å². The van der Waals surface area contributed by atoms with Crippen LogP contribution in [-0.4, -0.2) is 61.5 Å². The number of benzene rings is 1. The Kier molecular flexibility index (Phi) is 6.24. The predicted molar refractivity (Wildman–Crippen MR) is 103 cm³/mol. The minimum absolute atomic E-state index is 0.0819. The fourth-order valence-corrected chi connectivity index (χ4v) is 4.11. The molecule has 0 bridgehead atoms. The van der Waals surface area contributed by atoms with Crippen molar-refractivity contribution in [2.45, 2.75) is 45.1 Å². The molecule has 1 aromatic rings. The average molecular weight is 374 g/mol. The third-order valence-electron chi connectivity index (χ3n) is 5.77. The third-order valence-corrected chi connectivity index (χ3v) is 5.77. The van der Waals surface area contributed by atoms with E-state index in [2.05, 4.69) is 6.92 Å². The molecule has 0 unspecified atom stereocenters. The van der Waals surface area contributed by atoms with Gasteiger partial charge in [-0.15, -0.1) is 0 Å². The van der Waals surface area contributed by atoms with Crippen LogP contribution >= 0.6 is 0 Å².